The number of rotatable bonds is 1. The number of hydrogen-bond acceptors (Lipinski definition) is 1. The highest BCUT2D eigenvalue weighted by molar-refractivity contribution is 5.76. The quantitative estimate of drug-likeness (QED) is 0.622. The van der Waals surface area contributed by atoms with Gasteiger partial charge in [-0.2, -0.15) is 13.2 Å². The van der Waals surface area contributed by atoms with Crippen LogP contribution in [0.2, 0.25) is 0 Å². The van der Waals surface area contributed by atoms with Gasteiger partial charge >= 0.3 is 6.18 Å². The molecule has 13 heavy (non-hydrogen) atoms. The van der Waals surface area contributed by atoms with Gasteiger partial charge < -0.3 is 4.90 Å². The van der Waals surface area contributed by atoms with E-state index in [2.05, 4.69) is 0 Å². The molecule has 1 radical (unpaired) electrons. The standard InChI is InChI=1S/C8H11F3NO/c9-8(10,11)6-7(13)12-4-2-1-3-5-12/h1H,2-6H2. The smallest absolute Gasteiger partial charge is 0.342 e. The van der Waals surface area contributed by atoms with Crippen LogP contribution >= 0.6 is 0 Å². The maximum absolute atomic E-state index is 11.8. The molecule has 2 nitrogen and oxygen atoms in total. The molecule has 0 aliphatic carbocycles. The number of nitrogens with zero attached hydrogens (tertiary/aromatic N) is 1. The van der Waals surface area contributed by atoms with Crippen molar-refractivity contribution in [3.05, 3.63) is 6.42 Å². The Morgan fingerprint density at radius 2 is 1.85 bits per heavy atom. The summed E-state index contributed by atoms with van der Waals surface area (Å²) in [7, 11) is 0. The molecule has 75 valence electrons. The zero-order valence-corrected chi connectivity index (χ0v) is 7.10. The Morgan fingerprint density at radius 1 is 1.31 bits per heavy atom. The molecule has 0 saturated carbocycles. The molecular weight excluding hydrogens is 183 g/mol. The molecule has 0 aromatic carbocycles. The molecular formula is C8H11F3NO. The molecule has 5 heteroatoms. The lowest BCUT2D eigenvalue weighted by atomic mass is 10.1. The summed E-state index contributed by atoms with van der Waals surface area (Å²) < 4.78 is 35.4. The van der Waals surface area contributed by atoms with Crippen LogP contribution in [0.5, 0.6) is 0 Å². The van der Waals surface area contributed by atoms with Gasteiger partial charge in [-0.25, -0.2) is 0 Å². The summed E-state index contributed by atoms with van der Waals surface area (Å²) in [5, 5.41) is 0. The third-order valence-electron chi connectivity index (χ3n) is 1.91. The Labute approximate surface area is 74.7 Å². The van der Waals surface area contributed by atoms with E-state index >= 15 is 0 Å². The normalized spacial score (nSPS) is 18.8. The molecule has 0 atom stereocenters. The predicted octanol–water partition coefficient (Wildman–Crippen LogP) is 1.77. The fraction of sp³-hybridized carbons (Fsp3) is 0.750. The number of halogens is 3. The highest BCUT2D eigenvalue weighted by Gasteiger charge is 2.33. The number of alkyl halides is 3. The van der Waals surface area contributed by atoms with E-state index < -0.39 is 18.5 Å². The van der Waals surface area contributed by atoms with Crippen molar-refractivity contribution >= 4 is 5.91 Å². The van der Waals surface area contributed by atoms with Crippen LogP contribution in [0.25, 0.3) is 0 Å². The summed E-state index contributed by atoms with van der Waals surface area (Å²) >= 11 is 0. The van der Waals surface area contributed by atoms with Crippen molar-refractivity contribution in [2.75, 3.05) is 13.1 Å². The van der Waals surface area contributed by atoms with Crippen LogP contribution in [0.1, 0.15) is 19.3 Å². The van der Waals surface area contributed by atoms with Gasteiger partial charge in [0.2, 0.25) is 5.91 Å². The van der Waals surface area contributed by atoms with E-state index in [1.165, 1.54) is 4.90 Å². The first-order valence-electron chi connectivity index (χ1n) is 4.15. The second-order valence-corrected chi connectivity index (χ2v) is 3.04. The van der Waals surface area contributed by atoms with Crippen LogP contribution in [0.4, 0.5) is 13.2 Å². The molecule has 1 aliphatic heterocycles. The topological polar surface area (TPSA) is 20.3 Å². The third-order valence-corrected chi connectivity index (χ3v) is 1.91. The van der Waals surface area contributed by atoms with Crippen molar-refractivity contribution in [2.24, 2.45) is 0 Å². The average Bonchev–Trinajstić information content (AvgIpc) is 2.03. The second-order valence-electron chi connectivity index (χ2n) is 3.04. The first-order valence-corrected chi connectivity index (χ1v) is 4.15. The predicted molar refractivity (Wildman–Crippen MR) is 40.8 cm³/mol. The van der Waals surface area contributed by atoms with Gasteiger partial charge in [0.15, 0.2) is 0 Å². The monoisotopic (exact) mass is 194 g/mol. The highest BCUT2D eigenvalue weighted by atomic mass is 19.4. The van der Waals surface area contributed by atoms with Crippen molar-refractivity contribution < 1.29 is 18.0 Å². The van der Waals surface area contributed by atoms with Gasteiger partial charge in [0.25, 0.3) is 0 Å². The van der Waals surface area contributed by atoms with Gasteiger partial charge in [0, 0.05) is 13.1 Å². The molecule has 0 N–H and O–H groups in total. The summed E-state index contributed by atoms with van der Waals surface area (Å²) in [5.74, 6) is -0.805. The minimum absolute atomic E-state index is 0.426. The molecule has 1 amide bonds. The molecule has 0 unspecified atom stereocenters. The molecule has 1 fully saturated rings. The Morgan fingerprint density at radius 3 is 2.31 bits per heavy atom. The lowest BCUT2D eigenvalue weighted by molar-refractivity contribution is -0.161. The maximum Gasteiger partial charge on any atom is 0.397 e. The van der Waals surface area contributed by atoms with Crippen LogP contribution in [0.3, 0.4) is 0 Å². The summed E-state index contributed by atoms with van der Waals surface area (Å²) in [4.78, 5) is 12.3. The van der Waals surface area contributed by atoms with E-state index in [0.29, 0.717) is 25.9 Å². The van der Waals surface area contributed by atoms with Gasteiger partial charge in [-0.3, -0.25) is 4.79 Å². The Balaban J connectivity index is 2.38. The van der Waals surface area contributed by atoms with Crippen molar-refractivity contribution in [1.29, 1.82) is 0 Å². The molecule has 1 saturated heterocycles. The van der Waals surface area contributed by atoms with Crippen LogP contribution < -0.4 is 0 Å². The molecule has 0 spiro atoms. The number of piperidine rings is 1. The Kier molecular flexibility index (Phi) is 3.17. The van der Waals surface area contributed by atoms with Crippen LogP contribution in [-0.2, 0) is 4.79 Å². The van der Waals surface area contributed by atoms with Crippen molar-refractivity contribution in [3.63, 3.8) is 0 Å². The van der Waals surface area contributed by atoms with E-state index in [4.69, 9.17) is 0 Å². The van der Waals surface area contributed by atoms with Crippen molar-refractivity contribution in [3.8, 4) is 0 Å². The zero-order valence-electron chi connectivity index (χ0n) is 7.10. The van der Waals surface area contributed by atoms with E-state index in [1.807, 2.05) is 6.42 Å². The Bertz CT molecular complexity index is 184. The lowest BCUT2D eigenvalue weighted by Crippen LogP contribution is -2.38. The number of hydrogen-bond donors (Lipinski definition) is 0. The molecule has 0 bridgehead atoms. The second kappa shape index (κ2) is 3.98. The molecule has 0 aromatic rings. The minimum atomic E-state index is -4.38. The number of amides is 1. The van der Waals surface area contributed by atoms with Gasteiger partial charge in [0.1, 0.15) is 6.42 Å². The van der Waals surface area contributed by atoms with Gasteiger partial charge in [0.05, 0.1) is 0 Å². The van der Waals surface area contributed by atoms with Crippen molar-refractivity contribution in [2.45, 2.75) is 25.4 Å². The fourth-order valence-electron chi connectivity index (χ4n) is 1.28. The largest absolute Gasteiger partial charge is 0.397 e. The molecule has 1 heterocycles. The summed E-state index contributed by atoms with van der Waals surface area (Å²) in [5.41, 5.74) is 0. The van der Waals surface area contributed by atoms with Gasteiger partial charge in [-0.15, -0.1) is 0 Å². The van der Waals surface area contributed by atoms with Gasteiger partial charge in [-0.1, -0.05) is 0 Å². The van der Waals surface area contributed by atoms with Gasteiger partial charge in [-0.05, 0) is 19.3 Å². The zero-order chi connectivity index (χ0) is 9.90. The molecule has 0 aromatic heterocycles. The number of carbonyl (C=O) groups is 1. The third kappa shape index (κ3) is 3.65. The molecule has 1 aliphatic rings. The number of likely N-dealkylation sites (tertiary alicyclic amines) is 1. The van der Waals surface area contributed by atoms with E-state index in [-0.39, 0.29) is 0 Å². The number of carbonyl (C=O) groups excluding carboxylic acids is 1. The average molecular weight is 194 g/mol. The first-order chi connectivity index (χ1) is 5.99. The fourth-order valence-corrected chi connectivity index (χ4v) is 1.28. The summed E-state index contributed by atoms with van der Waals surface area (Å²) in [6.45, 7) is 0.851. The lowest BCUT2D eigenvalue weighted by Gasteiger charge is -2.26. The Hall–Kier alpha value is -0.740. The SMILES string of the molecule is O=C(CC(F)(F)F)N1CC[CH]CC1. The van der Waals surface area contributed by atoms with Crippen LogP contribution in [0, 0.1) is 6.42 Å². The molecule has 1 rings (SSSR count). The summed E-state index contributed by atoms with van der Waals surface area (Å²) in [6.07, 6.45) is -2.32. The maximum atomic E-state index is 11.8. The van der Waals surface area contributed by atoms with E-state index in [9.17, 15) is 18.0 Å². The highest BCUT2D eigenvalue weighted by Crippen LogP contribution is 2.21. The van der Waals surface area contributed by atoms with Crippen molar-refractivity contribution in [1.82, 2.24) is 4.90 Å². The summed E-state index contributed by atoms with van der Waals surface area (Å²) in [6, 6.07) is 0. The van der Waals surface area contributed by atoms with Crippen LogP contribution in [0.15, 0.2) is 0 Å². The van der Waals surface area contributed by atoms with E-state index in [0.717, 1.165) is 0 Å². The van der Waals surface area contributed by atoms with Crippen LogP contribution in [-0.4, -0.2) is 30.1 Å². The first kappa shape index (κ1) is 10.3. The van der Waals surface area contributed by atoms with E-state index in [1.54, 1.807) is 0 Å². The minimum Gasteiger partial charge on any atom is -0.342 e.